The fraction of sp³-hybridized carbons (Fsp3) is 0.700. The Balaban J connectivity index is 1.48. The summed E-state index contributed by atoms with van der Waals surface area (Å²) < 4.78 is 5.42. The standard InChI is InChI=1S/C20H31N5O4/c1-20(2,3)29-19(28)24-9-6-15(7-10-24)22-18(27)14-5-4-8-25(13-14)16-11-17(26)23-21-12-16/h11-12,14-15H,4-10,13H2,1-3H3,(H,22,27)(H,23,26)/t14-/m1/s1. The first kappa shape index (κ1) is 21.1. The zero-order valence-electron chi connectivity index (χ0n) is 17.4. The highest BCUT2D eigenvalue weighted by Crippen LogP contribution is 2.22. The van der Waals surface area contributed by atoms with Crippen LogP contribution in [0.1, 0.15) is 46.5 Å². The van der Waals surface area contributed by atoms with Gasteiger partial charge >= 0.3 is 6.09 Å². The van der Waals surface area contributed by atoms with E-state index in [1.807, 2.05) is 25.7 Å². The van der Waals surface area contributed by atoms with Gasteiger partial charge in [-0.25, -0.2) is 9.89 Å². The first-order chi connectivity index (χ1) is 13.7. The van der Waals surface area contributed by atoms with Crippen LogP contribution in [0.15, 0.2) is 17.1 Å². The Hall–Kier alpha value is -2.58. The highest BCUT2D eigenvalue weighted by Gasteiger charge is 2.31. The molecule has 0 bridgehead atoms. The molecule has 2 amide bonds. The Kier molecular flexibility index (Phi) is 6.44. The van der Waals surface area contributed by atoms with Crippen LogP contribution in [0.2, 0.25) is 0 Å². The van der Waals surface area contributed by atoms with E-state index in [-0.39, 0.29) is 29.5 Å². The van der Waals surface area contributed by atoms with Crippen molar-refractivity contribution in [1.82, 2.24) is 20.4 Å². The summed E-state index contributed by atoms with van der Waals surface area (Å²) in [6, 6.07) is 1.58. The zero-order valence-corrected chi connectivity index (χ0v) is 17.4. The molecule has 3 heterocycles. The molecule has 9 nitrogen and oxygen atoms in total. The van der Waals surface area contributed by atoms with Crippen LogP contribution >= 0.6 is 0 Å². The van der Waals surface area contributed by atoms with Gasteiger partial charge in [0.2, 0.25) is 5.91 Å². The van der Waals surface area contributed by atoms with Crippen molar-refractivity contribution in [2.45, 2.75) is 58.1 Å². The Morgan fingerprint density at radius 2 is 1.93 bits per heavy atom. The molecule has 2 N–H and O–H groups in total. The summed E-state index contributed by atoms with van der Waals surface area (Å²) in [5, 5.41) is 9.37. The van der Waals surface area contributed by atoms with E-state index in [2.05, 4.69) is 15.5 Å². The minimum atomic E-state index is -0.506. The van der Waals surface area contributed by atoms with Gasteiger partial charge in [-0.05, 0) is 46.5 Å². The van der Waals surface area contributed by atoms with Crippen molar-refractivity contribution in [2.24, 2.45) is 5.92 Å². The van der Waals surface area contributed by atoms with Gasteiger partial charge in [-0.15, -0.1) is 0 Å². The Morgan fingerprint density at radius 3 is 2.59 bits per heavy atom. The molecular formula is C20H31N5O4. The van der Waals surface area contributed by atoms with Gasteiger partial charge in [0.05, 0.1) is 17.8 Å². The lowest BCUT2D eigenvalue weighted by molar-refractivity contribution is -0.126. The molecule has 9 heteroatoms. The van der Waals surface area contributed by atoms with Crippen LogP contribution in [0.5, 0.6) is 0 Å². The second-order valence-electron chi connectivity index (χ2n) is 8.84. The fourth-order valence-electron chi connectivity index (χ4n) is 3.82. The van der Waals surface area contributed by atoms with E-state index in [0.717, 1.165) is 37.9 Å². The van der Waals surface area contributed by atoms with Crippen molar-refractivity contribution in [2.75, 3.05) is 31.1 Å². The monoisotopic (exact) mass is 405 g/mol. The quantitative estimate of drug-likeness (QED) is 0.789. The van der Waals surface area contributed by atoms with E-state index < -0.39 is 5.60 Å². The van der Waals surface area contributed by atoms with Crippen LogP contribution in [-0.4, -0.2) is 64.9 Å². The lowest BCUT2D eigenvalue weighted by atomic mass is 9.95. The maximum absolute atomic E-state index is 12.8. The number of likely N-dealkylation sites (tertiary alicyclic amines) is 1. The van der Waals surface area contributed by atoms with E-state index >= 15 is 0 Å². The number of piperidine rings is 2. The normalized spacial score (nSPS) is 21.0. The topological polar surface area (TPSA) is 108 Å². The molecule has 2 saturated heterocycles. The molecule has 160 valence electrons. The molecule has 1 aromatic heterocycles. The minimum Gasteiger partial charge on any atom is -0.444 e. The largest absolute Gasteiger partial charge is 0.444 e. The minimum absolute atomic E-state index is 0.0446. The van der Waals surface area contributed by atoms with E-state index in [1.54, 1.807) is 11.1 Å². The Bertz CT molecular complexity index is 780. The van der Waals surface area contributed by atoms with Crippen molar-refractivity contribution in [3.05, 3.63) is 22.6 Å². The molecule has 29 heavy (non-hydrogen) atoms. The highest BCUT2D eigenvalue weighted by atomic mass is 16.6. The number of carbonyl (C=O) groups is 2. The predicted octanol–water partition coefficient (Wildman–Crippen LogP) is 1.50. The van der Waals surface area contributed by atoms with Gasteiger partial charge in [0.25, 0.3) is 5.56 Å². The number of aromatic nitrogens is 2. The highest BCUT2D eigenvalue weighted by molar-refractivity contribution is 5.80. The number of rotatable bonds is 3. The van der Waals surface area contributed by atoms with Gasteiger partial charge in [-0.3, -0.25) is 9.59 Å². The summed E-state index contributed by atoms with van der Waals surface area (Å²) in [7, 11) is 0. The molecule has 1 atom stereocenters. The number of hydrogen-bond acceptors (Lipinski definition) is 6. The molecule has 0 spiro atoms. The van der Waals surface area contributed by atoms with Gasteiger partial charge in [-0.1, -0.05) is 0 Å². The number of H-pyrrole nitrogens is 1. The number of hydrogen-bond donors (Lipinski definition) is 2. The lowest BCUT2D eigenvalue weighted by Gasteiger charge is -2.36. The smallest absolute Gasteiger partial charge is 0.410 e. The number of anilines is 1. The summed E-state index contributed by atoms with van der Waals surface area (Å²) in [6.07, 6.45) is 4.49. The summed E-state index contributed by atoms with van der Waals surface area (Å²) in [5.74, 6) is -0.0739. The molecule has 2 fully saturated rings. The van der Waals surface area contributed by atoms with E-state index in [4.69, 9.17) is 4.74 Å². The number of carbonyl (C=O) groups excluding carboxylic acids is 2. The fourth-order valence-corrected chi connectivity index (χ4v) is 3.82. The van der Waals surface area contributed by atoms with Gasteiger partial charge in [0.1, 0.15) is 5.60 Å². The predicted molar refractivity (Wildman–Crippen MR) is 109 cm³/mol. The maximum Gasteiger partial charge on any atom is 0.410 e. The molecule has 2 aliphatic rings. The molecule has 0 radical (unpaired) electrons. The van der Waals surface area contributed by atoms with Crippen LogP contribution < -0.4 is 15.8 Å². The third-order valence-electron chi connectivity index (χ3n) is 5.30. The summed E-state index contributed by atoms with van der Waals surface area (Å²) >= 11 is 0. The molecule has 0 aromatic carbocycles. The third-order valence-corrected chi connectivity index (χ3v) is 5.30. The second kappa shape index (κ2) is 8.84. The molecule has 3 rings (SSSR count). The van der Waals surface area contributed by atoms with E-state index in [9.17, 15) is 14.4 Å². The second-order valence-corrected chi connectivity index (χ2v) is 8.84. The SMILES string of the molecule is CC(C)(C)OC(=O)N1CCC(NC(=O)[C@@H]2CCCN(c3cn[nH]c(=O)c3)C2)CC1. The number of aromatic amines is 1. The van der Waals surface area contributed by atoms with Crippen molar-refractivity contribution in [1.29, 1.82) is 0 Å². The number of ether oxygens (including phenoxy) is 1. The first-order valence-electron chi connectivity index (χ1n) is 10.3. The van der Waals surface area contributed by atoms with Crippen LogP contribution in [0.4, 0.5) is 10.5 Å². The van der Waals surface area contributed by atoms with E-state index in [1.165, 1.54) is 6.07 Å². The average molecular weight is 405 g/mol. The van der Waals surface area contributed by atoms with E-state index in [0.29, 0.717) is 19.6 Å². The Morgan fingerprint density at radius 1 is 1.21 bits per heavy atom. The zero-order chi connectivity index (χ0) is 21.0. The van der Waals surface area contributed by atoms with Crippen molar-refractivity contribution in [3.8, 4) is 0 Å². The van der Waals surface area contributed by atoms with Gasteiger partial charge in [0, 0.05) is 38.3 Å². The van der Waals surface area contributed by atoms with Crippen LogP contribution in [0, 0.1) is 5.92 Å². The van der Waals surface area contributed by atoms with Gasteiger partial charge < -0.3 is 19.9 Å². The van der Waals surface area contributed by atoms with Gasteiger partial charge in [-0.2, -0.15) is 5.10 Å². The molecule has 0 saturated carbocycles. The van der Waals surface area contributed by atoms with Crippen molar-refractivity contribution in [3.63, 3.8) is 0 Å². The van der Waals surface area contributed by atoms with Crippen LogP contribution in [-0.2, 0) is 9.53 Å². The molecule has 2 aliphatic heterocycles. The van der Waals surface area contributed by atoms with Crippen molar-refractivity contribution < 1.29 is 14.3 Å². The summed E-state index contributed by atoms with van der Waals surface area (Å²) in [5.41, 5.74) is -0.00325. The van der Waals surface area contributed by atoms with Crippen LogP contribution in [0.3, 0.4) is 0 Å². The van der Waals surface area contributed by atoms with Crippen LogP contribution in [0.25, 0.3) is 0 Å². The summed E-state index contributed by atoms with van der Waals surface area (Å²) in [6.45, 7) is 8.11. The number of nitrogens with zero attached hydrogens (tertiary/aromatic N) is 3. The third kappa shape index (κ3) is 5.95. The molecular weight excluding hydrogens is 374 g/mol. The number of nitrogens with one attached hydrogen (secondary N) is 2. The first-order valence-corrected chi connectivity index (χ1v) is 10.3. The summed E-state index contributed by atoms with van der Waals surface area (Å²) in [4.78, 5) is 40.2. The van der Waals surface area contributed by atoms with Gasteiger partial charge in [0.15, 0.2) is 0 Å². The maximum atomic E-state index is 12.8. The average Bonchev–Trinajstić information content (AvgIpc) is 2.67. The molecule has 1 aromatic rings. The lowest BCUT2D eigenvalue weighted by Crippen LogP contribution is -2.50. The van der Waals surface area contributed by atoms with Crippen molar-refractivity contribution >= 4 is 17.7 Å². The molecule has 0 unspecified atom stereocenters. The number of amides is 2. The Labute approximate surface area is 170 Å². The molecule has 0 aliphatic carbocycles.